The van der Waals surface area contributed by atoms with Crippen molar-refractivity contribution in [2.45, 2.75) is 25.9 Å². The Hall–Kier alpha value is -2.62. The summed E-state index contributed by atoms with van der Waals surface area (Å²) < 4.78 is 18.2. The summed E-state index contributed by atoms with van der Waals surface area (Å²) in [5, 5.41) is 0. The van der Waals surface area contributed by atoms with Crippen molar-refractivity contribution in [3.05, 3.63) is 45.9 Å². The smallest absolute Gasteiger partial charge is 0.350 e. The molecule has 28 heavy (non-hydrogen) atoms. The molecule has 1 saturated carbocycles. The van der Waals surface area contributed by atoms with Crippen LogP contribution in [-0.4, -0.2) is 42.1 Å². The third-order valence-electron chi connectivity index (χ3n) is 4.90. The maximum atomic E-state index is 12.3. The maximum absolute atomic E-state index is 12.3. The van der Waals surface area contributed by atoms with Gasteiger partial charge in [0.25, 0.3) is 0 Å². The van der Waals surface area contributed by atoms with Gasteiger partial charge in [-0.15, -0.1) is 0 Å². The molecule has 1 aliphatic heterocycles. The molecule has 146 valence electrons. The molecule has 1 aromatic heterocycles. The second-order valence-electron chi connectivity index (χ2n) is 7.27. The molecule has 2 aliphatic rings. The van der Waals surface area contributed by atoms with E-state index in [1.165, 1.54) is 17.4 Å². The van der Waals surface area contributed by atoms with Crippen LogP contribution in [0.5, 0.6) is 5.88 Å². The van der Waals surface area contributed by atoms with Gasteiger partial charge in [0.2, 0.25) is 0 Å². The Labute approximate surface area is 164 Å². The zero-order valence-corrected chi connectivity index (χ0v) is 16.2. The molecule has 0 N–H and O–H groups in total. The van der Waals surface area contributed by atoms with E-state index in [2.05, 4.69) is 16.8 Å². The lowest BCUT2D eigenvalue weighted by Crippen LogP contribution is -2.34. The van der Waals surface area contributed by atoms with Gasteiger partial charge in [-0.05, 0) is 37.5 Å². The number of aryl methyl sites for hydroxylation is 1. The molecule has 6 heteroatoms. The van der Waals surface area contributed by atoms with Gasteiger partial charge in [0.15, 0.2) is 5.88 Å². The van der Waals surface area contributed by atoms with Gasteiger partial charge < -0.3 is 14.2 Å². The number of aromatic nitrogens is 2. The van der Waals surface area contributed by atoms with E-state index in [-0.39, 0.29) is 11.8 Å². The highest BCUT2D eigenvalue weighted by atomic mass is 16.6. The molecule has 2 fully saturated rings. The van der Waals surface area contributed by atoms with Crippen LogP contribution in [0.25, 0.3) is 11.3 Å². The van der Waals surface area contributed by atoms with E-state index in [0.717, 1.165) is 16.7 Å². The Balaban J connectivity index is 1.56. The standard InChI is InChI=1S/C22H24N2O4/c1-15-11-17(6-5-16-3-4-16)7-8-19(15)20-12-21(24(2)22(25)23-20)28-14-18-13-26-9-10-27-18/h7-8,11-12,16,18H,3-4,9-10,13-14H2,1-2H3/t18-/m1/s1. The Bertz CT molecular complexity index is 976. The molecule has 0 spiro atoms. The highest BCUT2D eigenvalue weighted by Gasteiger charge is 2.18. The highest BCUT2D eigenvalue weighted by molar-refractivity contribution is 5.65. The normalized spacial score (nSPS) is 19.0. The lowest BCUT2D eigenvalue weighted by molar-refractivity contribution is -0.102. The van der Waals surface area contributed by atoms with Crippen molar-refractivity contribution in [1.82, 2.24) is 9.55 Å². The molecule has 0 amide bonds. The molecule has 0 unspecified atom stereocenters. The van der Waals surface area contributed by atoms with Gasteiger partial charge in [-0.1, -0.05) is 17.9 Å². The molecule has 2 heterocycles. The third-order valence-corrected chi connectivity index (χ3v) is 4.90. The van der Waals surface area contributed by atoms with Crippen molar-refractivity contribution in [3.8, 4) is 29.0 Å². The van der Waals surface area contributed by atoms with Crippen LogP contribution in [0.3, 0.4) is 0 Å². The van der Waals surface area contributed by atoms with Crippen LogP contribution in [0.1, 0.15) is 24.0 Å². The highest BCUT2D eigenvalue weighted by Crippen LogP contribution is 2.28. The van der Waals surface area contributed by atoms with Crippen LogP contribution in [0.2, 0.25) is 0 Å². The first-order valence-electron chi connectivity index (χ1n) is 9.63. The zero-order valence-electron chi connectivity index (χ0n) is 16.2. The number of ether oxygens (including phenoxy) is 3. The van der Waals surface area contributed by atoms with Crippen molar-refractivity contribution in [2.24, 2.45) is 13.0 Å². The first kappa shape index (κ1) is 18.7. The summed E-state index contributed by atoms with van der Waals surface area (Å²) in [6.45, 7) is 3.99. The van der Waals surface area contributed by atoms with Gasteiger partial charge >= 0.3 is 5.69 Å². The van der Waals surface area contributed by atoms with Crippen molar-refractivity contribution in [1.29, 1.82) is 0 Å². The van der Waals surface area contributed by atoms with E-state index in [1.54, 1.807) is 13.1 Å². The second kappa shape index (κ2) is 8.17. The monoisotopic (exact) mass is 380 g/mol. The van der Waals surface area contributed by atoms with Crippen molar-refractivity contribution >= 4 is 0 Å². The van der Waals surface area contributed by atoms with Crippen molar-refractivity contribution in [2.75, 3.05) is 26.4 Å². The predicted octanol–water partition coefficient (Wildman–Crippen LogP) is 2.31. The molecule has 1 aliphatic carbocycles. The molecule has 1 saturated heterocycles. The van der Waals surface area contributed by atoms with Gasteiger partial charge in [0.05, 0.1) is 25.5 Å². The van der Waals surface area contributed by atoms with Gasteiger partial charge in [-0.2, -0.15) is 4.98 Å². The van der Waals surface area contributed by atoms with Crippen LogP contribution in [0.4, 0.5) is 0 Å². The summed E-state index contributed by atoms with van der Waals surface area (Å²) in [7, 11) is 1.65. The molecular weight excluding hydrogens is 356 g/mol. The Kier molecular flexibility index (Phi) is 5.47. The summed E-state index contributed by atoms with van der Waals surface area (Å²) in [6, 6.07) is 7.78. The van der Waals surface area contributed by atoms with Crippen molar-refractivity contribution in [3.63, 3.8) is 0 Å². The summed E-state index contributed by atoms with van der Waals surface area (Å²) in [5.74, 6) is 7.53. The minimum absolute atomic E-state index is 0.133. The van der Waals surface area contributed by atoms with E-state index in [9.17, 15) is 4.79 Å². The van der Waals surface area contributed by atoms with E-state index in [0.29, 0.717) is 43.9 Å². The van der Waals surface area contributed by atoms with Crippen molar-refractivity contribution < 1.29 is 14.2 Å². The molecule has 1 atom stereocenters. The first-order valence-corrected chi connectivity index (χ1v) is 9.63. The number of nitrogens with zero attached hydrogens (tertiary/aromatic N) is 2. The quantitative estimate of drug-likeness (QED) is 0.762. The minimum Gasteiger partial charge on any atom is -0.476 e. The van der Waals surface area contributed by atoms with Crippen LogP contribution in [-0.2, 0) is 16.5 Å². The fraction of sp³-hybridized carbons (Fsp3) is 0.455. The Morgan fingerprint density at radius 2 is 2.14 bits per heavy atom. The van der Waals surface area contributed by atoms with E-state index in [4.69, 9.17) is 14.2 Å². The van der Waals surface area contributed by atoms with E-state index >= 15 is 0 Å². The zero-order chi connectivity index (χ0) is 19.5. The van der Waals surface area contributed by atoms with Gasteiger partial charge in [0.1, 0.15) is 12.7 Å². The fourth-order valence-electron chi connectivity index (χ4n) is 3.05. The summed E-state index contributed by atoms with van der Waals surface area (Å²) in [6.07, 6.45) is 2.29. The number of benzene rings is 1. The lowest BCUT2D eigenvalue weighted by atomic mass is 10.0. The molecule has 4 rings (SSSR count). The largest absolute Gasteiger partial charge is 0.476 e. The maximum Gasteiger partial charge on any atom is 0.350 e. The second-order valence-corrected chi connectivity index (χ2v) is 7.27. The summed E-state index contributed by atoms with van der Waals surface area (Å²) in [4.78, 5) is 16.5. The molecule has 1 aromatic carbocycles. The molecular formula is C22H24N2O4. The Morgan fingerprint density at radius 1 is 1.29 bits per heavy atom. The average molecular weight is 380 g/mol. The topological polar surface area (TPSA) is 62.6 Å². The van der Waals surface area contributed by atoms with E-state index < -0.39 is 0 Å². The Morgan fingerprint density at radius 3 is 2.86 bits per heavy atom. The van der Waals surface area contributed by atoms with Gasteiger partial charge in [0, 0.05) is 30.2 Å². The van der Waals surface area contributed by atoms with Gasteiger partial charge in [-0.25, -0.2) is 4.79 Å². The van der Waals surface area contributed by atoms with Crippen LogP contribution >= 0.6 is 0 Å². The molecule has 2 aromatic rings. The summed E-state index contributed by atoms with van der Waals surface area (Å²) in [5.41, 5.74) is 3.15. The number of hydrogen-bond donors (Lipinski definition) is 0. The van der Waals surface area contributed by atoms with Crippen LogP contribution in [0, 0.1) is 24.7 Å². The SMILES string of the molecule is Cc1cc(C#CC2CC2)ccc1-c1cc(OC[C@H]2COCCO2)n(C)c(=O)n1. The lowest BCUT2D eigenvalue weighted by Gasteiger charge is -2.23. The number of rotatable bonds is 4. The molecule has 0 bridgehead atoms. The summed E-state index contributed by atoms with van der Waals surface area (Å²) >= 11 is 0. The van der Waals surface area contributed by atoms with E-state index in [1.807, 2.05) is 25.1 Å². The molecule has 0 radical (unpaired) electrons. The van der Waals surface area contributed by atoms with Crippen LogP contribution in [0.15, 0.2) is 29.1 Å². The van der Waals surface area contributed by atoms with Gasteiger partial charge in [-0.3, -0.25) is 4.57 Å². The number of hydrogen-bond acceptors (Lipinski definition) is 5. The minimum atomic E-state index is -0.356. The molecule has 6 nitrogen and oxygen atoms in total. The first-order chi connectivity index (χ1) is 13.6. The fourth-order valence-corrected chi connectivity index (χ4v) is 3.05. The van der Waals surface area contributed by atoms with Crippen LogP contribution < -0.4 is 10.4 Å². The third kappa shape index (κ3) is 4.44. The average Bonchev–Trinajstić information content (AvgIpc) is 3.53. The predicted molar refractivity (Wildman–Crippen MR) is 105 cm³/mol.